The second-order valence-electron chi connectivity index (χ2n) is 6.94. The third-order valence-corrected chi connectivity index (χ3v) is 5.79. The topological polar surface area (TPSA) is 80.3 Å². The highest BCUT2D eigenvalue weighted by Crippen LogP contribution is 2.26. The van der Waals surface area contributed by atoms with Crippen molar-refractivity contribution in [1.29, 1.82) is 0 Å². The number of rotatable bonds is 7. The molecule has 0 spiro atoms. The van der Waals surface area contributed by atoms with Crippen LogP contribution in [0.2, 0.25) is 10.0 Å². The lowest BCUT2D eigenvalue weighted by Crippen LogP contribution is -2.46. The van der Waals surface area contributed by atoms with E-state index in [4.69, 9.17) is 27.9 Å². The predicted molar refractivity (Wildman–Crippen MR) is 113 cm³/mol. The fraction of sp³-hybridized carbons (Fsp3) is 0.381. The molecule has 1 aromatic carbocycles. The molecule has 3 rings (SSSR count). The van der Waals surface area contributed by atoms with Crippen LogP contribution >= 0.6 is 23.2 Å². The number of benzene rings is 1. The molecule has 8 heteroatoms. The number of piperidine rings is 1. The first-order valence-corrected chi connectivity index (χ1v) is 10.2. The van der Waals surface area contributed by atoms with E-state index in [0.717, 1.165) is 25.9 Å². The number of nitrogens with zero attached hydrogens (tertiary/aromatic N) is 1. The number of hydrogen-bond donors (Lipinski definition) is 2. The van der Waals surface area contributed by atoms with Crippen LogP contribution in [0.3, 0.4) is 0 Å². The van der Waals surface area contributed by atoms with Gasteiger partial charge in [0.05, 0.1) is 28.9 Å². The third-order valence-electron chi connectivity index (χ3n) is 5.05. The SMILES string of the molecule is COC(=O)c1cccc(CNC(C(=O)c2ccc(Cl)c(Cl)c2)C2CCNCC2)n1. The highest BCUT2D eigenvalue weighted by molar-refractivity contribution is 6.42. The largest absolute Gasteiger partial charge is 0.464 e. The molecule has 1 aliphatic rings. The number of carbonyl (C=O) groups is 2. The molecule has 1 atom stereocenters. The number of hydrogen-bond acceptors (Lipinski definition) is 6. The van der Waals surface area contributed by atoms with Crippen molar-refractivity contribution in [1.82, 2.24) is 15.6 Å². The monoisotopic (exact) mass is 435 g/mol. The molecule has 1 aromatic heterocycles. The molecule has 1 aliphatic heterocycles. The fourth-order valence-electron chi connectivity index (χ4n) is 3.49. The van der Waals surface area contributed by atoms with E-state index in [1.54, 1.807) is 30.3 Å². The van der Waals surface area contributed by atoms with E-state index in [1.165, 1.54) is 7.11 Å². The Kier molecular flexibility index (Phi) is 7.61. The highest BCUT2D eigenvalue weighted by Gasteiger charge is 2.30. The van der Waals surface area contributed by atoms with Crippen LogP contribution < -0.4 is 10.6 Å². The number of Topliss-reactive ketones (excluding diaryl/α,β-unsaturated/α-hetero) is 1. The number of esters is 1. The van der Waals surface area contributed by atoms with Gasteiger partial charge in [0.2, 0.25) is 0 Å². The van der Waals surface area contributed by atoms with Gasteiger partial charge in [0.15, 0.2) is 5.78 Å². The average molecular weight is 436 g/mol. The molecule has 1 fully saturated rings. The smallest absolute Gasteiger partial charge is 0.356 e. The zero-order valence-corrected chi connectivity index (χ0v) is 17.6. The minimum absolute atomic E-state index is 0.0282. The van der Waals surface area contributed by atoms with Gasteiger partial charge in [0.25, 0.3) is 0 Å². The minimum Gasteiger partial charge on any atom is -0.464 e. The van der Waals surface area contributed by atoms with Crippen molar-refractivity contribution in [2.75, 3.05) is 20.2 Å². The van der Waals surface area contributed by atoms with E-state index in [9.17, 15) is 9.59 Å². The molecule has 2 N–H and O–H groups in total. The summed E-state index contributed by atoms with van der Waals surface area (Å²) in [7, 11) is 1.32. The normalized spacial score (nSPS) is 15.7. The number of ether oxygens (including phenoxy) is 1. The lowest BCUT2D eigenvalue weighted by Gasteiger charge is -2.30. The van der Waals surface area contributed by atoms with Crippen LogP contribution in [-0.2, 0) is 11.3 Å². The molecule has 1 saturated heterocycles. The van der Waals surface area contributed by atoms with Crippen LogP contribution in [0.5, 0.6) is 0 Å². The van der Waals surface area contributed by atoms with Crippen LogP contribution in [0.4, 0.5) is 0 Å². The van der Waals surface area contributed by atoms with Gasteiger partial charge in [-0.3, -0.25) is 4.79 Å². The van der Waals surface area contributed by atoms with Gasteiger partial charge in [-0.05, 0) is 62.2 Å². The molecule has 0 saturated carbocycles. The summed E-state index contributed by atoms with van der Waals surface area (Å²) in [6, 6.07) is 9.70. The average Bonchev–Trinajstić information content (AvgIpc) is 2.76. The van der Waals surface area contributed by atoms with E-state index >= 15 is 0 Å². The molecule has 1 unspecified atom stereocenters. The van der Waals surface area contributed by atoms with E-state index in [0.29, 0.717) is 27.8 Å². The second kappa shape index (κ2) is 10.2. The van der Waals surface area contributed by atoms with Crippen molar-refractivity contribution in [3.8, 4) is 0 Å². The standard InChI is InChI=1S/C21H23Cl2N3O3/c1-29-21(28)18-4-2-3-15(26-18)12-25-19(13-7-9-24-10-8-13)20(27)14-5-6-16(22)17(23)11-14/h2-6,11,13,19,24-25H,7-10,12H2,1H3. The molecular weight excluding hydrogens is 413 g/mol. The van der Waals surface area contributed by atoms with Gasteiger partial charge < -0.3 is 15.4 Å². The molecule has 29 heavy (non-hydrogen) atoms. The Balaban J connectivity index is 1.79. The van der Waals surface area contributed by atoms with Crippen molar-refractivity contribution >= 4 is 35.0 Å². The molecular formula is C21H23Cl2N3O3. The van der Waals surface area contributed by atoms with Crippen LogP contribution in [0.15, 0.2) is 36.4 Å². The Morgan fingerprint density at radius 1 is 1.21 bits per heavy atom. The number of aromatic nitrogens is 1. The summed E-state index contributed by atoms with van der Waals surface area (Å²) >= 11 is 12.1. The number of pyridine rings is 1. The Labute approximate surface area is 179 Å². The summed E-state index contributed by atoms with van der Waals surface area (Å²) in [6.45, 7) is 2.09. The Bertz CT molecular complexity index is 885. The molecule has 0 bridgehead atoms. The van der Waals surface area contributed by atoms with Crippen molar-refractivity contribution in [3.05, 3.63) is 63.4 Å². The first-order chi connectivity index (χ1) is 14.0. The third kappa shape index (κ3) is 5.54. The van der Waals surface area contributed by atoms with Crippen molar-refractivity contribution < 1.29 is 14.3 Å². The lowest BCUT2D eigenvalue weighted by atomic mass is 9.85. The molecule has 2 heterocycles. The zero-order valence-electron chi connectivity index (χ0n) is 16.1. The van der Waals surface area contributed by atoms with Crippen LogP contribution in [0.25, 0.3) is 0 Å². The number of methoxy groups -OCH3 is 1. The maximum absolute atomic E-state index is 13.3. The summed E-state index contributed by atoms with van der Waals surface area (Å²) in [4.78, 5) is 29.3. The Hall–Kier alpha value is -1.99. The second-order valence-corrected chi connectivity index (χ2v) is 7.76. The van der Waals surface area contributed by atoms with Gasteiger partial charge in [-0.25, -0.2) is 9.78 Å². The predicted octanol–water partition coefficient (Wildman–Crippen LogP) is 3.52. The highest BCUT2D eigenvalue weighted by atomic mass is 35.5. The maximum Gasteiger partial charge on any atom is 0.356 e. The first kappa shape index (κ1) is 21.7. The van der Waals surface area contributed by atoms with Gasteiger partial charge in [-0.2, -0.15) is 0 Å². The van der Waals surface area contributed by atoms with Crippen LogP contribution in [0, 0.1) is 5.92 Å². The molecule has 154 valence electrons. The van der Waals surface area contributed by atoms with Gasteiger partial charge in [0.1, 0.15) is 5.69 Å². The number of nitrogens with one attached hydrogen (secondary N) is 2. The Morgan fingerprint density at radius 3 is 2.66 bits per heavy atom. The number of carbonyl (C=O) groups excluding carboxylic acids is 2. The molecule has 6 nitrogen and oxygen atoms in total. The summed E-state index contributed by atoms with van der Waals surface area (Å²) in [5.74, 6) is -0.338. The number of ketones is 1. The van der Waals surface area contributed by atoms with E-state index in [1.807, 2.05) is 6.07 Å². The minimum atomic E-state index is -0.492. The van der Waals surface area contributed by atoms with Crippen molar-refractivity contribution in [2.45, 2.75) is 25.4 Å². The first-order valence-electron chi connectivity index (χ1n) is 9.47. The van der Waals surface area contributed by atoms with Gasteiger partial charge in [0, 0.05) is 12.1 Å². The van der Waals surface area contributed by atoms with Crippen molar-refractivity contribution in [3.63, 3.8) is 0 Å². The van der Waals surface area contributed by atoms with E-state index < -0.39 is 12.0 Å². The van der Waals surface area contributed by atoms with Crippen LogP contribution in [0.1, 0.15) is 39.4 Å². The molecule has 2 aromatic rings. The van der Waals surface area contributed by atoms with E-state index in [2.05, 4.69) is 15.6 Å². The quantitative estimate of drug-likeness (QED) is 0.511. The summed E-state index contributed by atoms with van der Waals surface area (Å²) in [5.41, 5.74) is 1.42. The Morgan fingerprint density at radius 2 is 1.97 bits per heavy atom. The zero-order chi connectivity index (χ0) is 20.8. The number of halogens is 2. The van der Waals surface area contributed by atoms with Gasteiger partial charge in [-0.1, -0.05) is 29.3 Å². The summed E-state index contributed by atoms with van der Waals surface area (Å²) in [5, 5.41) is 7.45. The molecule has 0 amide bonds. The fourth-order valence-corrected chi connectivity index (χ4v) is 3.79. The van der Waals surface area contributed by atoms with Crippen LogP contribution in [-0.4, -0.2) is 43.0 Å². The maximum atomic E-state index is 13.3. The van der Waals surface area contributed by atoms with Gasteiger partial charge >= 0.3 is 5.97 Å². The summed E-state index contributed by atoms with van der Waals surface area (Å²) < 4.78 is 4.72. The molecule has 0 aliphatic carbocycles. The molecule has 0 radical (unpaired) electrons. The lowest BCUT2D eigenvalue weighted by molar-refractivity contribution is 0.0593. The van der Waals surface area contributed by atoms with E-state index in [-0.39, 0.29) is 17.4 Å². The van der Waals surface area contributed by atoms with Gasteiger partial charge in [-0.15, -0.1) is 0 Å². The summed E-state index contributed by atoms with van der Waals surface area (Å²) in [6.07, 6.45) is 1.78. The van der Waals surface area contributed by atoms with Crippen molar-refractivity contribution in [2.24, 2.45) is 5.92 Å².